The van der Waals surface area contributed by atoms with Crippen molar-refractivity contribution in [3.8, 4) is 0 Å². The van der Waals surface area contributed by atoms with E-state index >= 15 is 0 Å². The molecule has 1 atom stereocenters. The summed E-state index contributed by atoms with van der Waals surface area (Å²) >= 11 is 0. The van der Waals surface area contributed by atoms with E-state index in [1.54, 1.807) is 31.2 Å². The first-order valence-electron chi connectivity index (χ1n) is 4.79. The summed E-state index contributed by atoms with van der Waals surface area (Å²) < 4.78 is 4.49. The van der Waals surface area contributed by atoms with Crippen LogP contribution in [0.4, 0.5) is 5.69 Å². The molecule has 0 saturated heterocycles. The van der Waals surface area contributed by atoms with Gasteiger partial charge in [0.1, 0.15) is 6.04 Å². The second-order valence-electron chi connectivity index (χ2n) is 3.34. The van der Waals surface area contributed by atoms with Gasteiger partial charge in [0.05, 0.1) is 7.11 Å². The lowest BCUT2D eigenvalue weighted by Gasteiger charge is -2.11. The average Bonchev–Trinajstić information content (AvgIpc) is 2.28. The number of hydrogen-bond donors (Lipinski definition) is 2. The number of benzene rings is 1. The molecule has 1 amide bonds. The predicted octanol–water partition coefficient (Wildman–Crippen LogP) is 0.560. The van der Waals surface area contributed by atoms with Crippen molar-refractivity contribution in [3.05, 3.63) is 29.8 Å². The summed E-state index contributed by atoms with van der Waals surface area (Å²) in [6.45, 7) is 1.56. The van der Waals surface area contributed by atoms with Gasteiger partial charge >= 0.3 is 5.97 Å². The quantitative estimate of drug-likeness (QED) is 0.578. The maximum absolute atomic E-state index is 11.6. The number of ether oxygens (including phenoxy) is 1. The Hall–Kier alpha value is -2.04. The fourth-order valence-corrected chi connectivity index (χ4v) is 1.15. The summed E-state index contributed by atoms with van der Waals surface area (Å²) in [5.41, 5.74) is 6.52. The first-order chi connectivity index (χ1) is 7.54. The third-order valence-electron chi connectivity index (χ3n) is 2.08. The minimum atomic E-state index is -0.671. The molecule has 86 valence electrons. The Kier molecular flexibility index (Phi) is 3.88. The molecule has 0 radical (unpaired) electrons. The van der Waals surface area contributed by atoms with Crippen molar-refractivity contribution >= 4 is 17.6 Å². The van der Waals surface area contributed by atoms with E-state index in [1.165, 1.54) is 7.11 Å². The molecule has 5 heteroatoms. The standard InChI is InChI=1S/C11H14N2O3/c1-7(11(15)16-2)13-10(14)8-3-5-9(12)6-4-8/h3-7H,12H2,1-2H3,(H,13,14)/t7-/m1/s1. The minimum Gasteiger partial charge on any atom is -0.467 e. The van der Waals surface area contributed by atoms with Crippen molar-refractivity contribution in [2.24, 2.45) is 0 Å². The second kappa shape index (κ2) is 5.16. The lowest BCUT2D eigenvalue weighted by molar-refractivity contribution is -0.142. The molecule has 0 bridgehead atoms. The molecule has 0 saturated carbocycles. The monoisotopic (exact) mass is 222 g/mol. The van der Waals surface area contributed by atoms with Gasteiger partial charge in [0.2, 0.25) is 0 Å². The highest BCUT2D eigenvalue weighted by Gasteiger charge is 2.16. The largest absolute Gasteiger partial charge is 0.467 e. The number of esters is 1. The first kappa shape index (κ1) is 12.0. The molecule has 0 aliphatic rings. The van der Waals surface area contributed by atoms with Crippen molar-refractivity contribution in [1.82, 2.24) is 5.32 Å². The van der Waals surface area contributed by atoms with Gasteiger partial charge in [0.15, 0.2) is 0 Å². The molecular weight excluding hydrogens is 208 g/mol. The average molecular weight is 222 g/mol. The number of nitrogens with two attached hydrogens (primary N) is 1. The summed E-state index contributed by atoms with van der Waals surface area (Å²) in [6, 6.07) is 5.76. The fraction of sp³-hybridized carbons (Fsp3) is 0.273. The van der Waals surface area contributed by atoms with Crippen LogP contribution < -0.4 is 11.1 Å². The van der Waals surface area contributed by atoms with Crippen molar-refractivity contribution in [1.29, 1.82) is 0 Å². The maximum atomic E-state index is 11.6. The Labute approximate surface area is 93.6 Å². The van der Waals surface area contributed by atoms with Gasteiger partial charge in [-0.25, -0.2) is 4.79 Å². The van der Waals surface area contributed by atoms with Crippen LogP contribution in [0, 0.1) is 0 Å². The third kappa shape index (κ3) is 2.98. The molecule has 0 heterocycles. The van der Waals surface area contributed by atoms with E-state index in [1.807, 2.05) is 0 Å². The van der Waals surface area contributed by atoms with E-state index < -0.39 is 12.0 Å². The highest BCUT2D eigenvalue weighted by molar-refractivity contribution is 5.96. The Morgan fingerprint density at radius 3 is 2.38 bits per heavy atom. The normalized spacial score (nSPS) is 11.6. The zero-order chi connectivity index (χ0) is 12.1. The second-order valence-corrected chi connectivity index (χ2v) is 3.34. The molecule has 1 aromatic rings. The Morgan fingerprint density at radius 2 is 1.88 bits per heavy atom. The predicted molar refractivity (Wildman–Crippen MR) is 59.8 cm³/mol. The molecule has 0 aliphatic heterocycles. The maximum Gasteiger partial charge on any atom is 0.328 e. The Morgan fingerprint density at radius 1 is 1.31 bits per heavy atom. The van der Waals surface area contributed by atoms with Gasteiger partial charge in [-0.05, 0) is 31.2 Å². The number of anilines is 1. The van der Waals surface area contributed by atoms with Crippen LogP contribution in [0.15, 0.2) is 24.3 Å². The fourth-order valence-electron chi connectivity index (χ4n) is 1.15. The number of amides is 1. The molecule has 3 N–H and O–H groups in total. The van der Waals surface area contributed by atoms with Crippen LogP contribution in [0.2, 0.25) is 0 Å². The lowest BCUT2D eigenvalue weighted by atomic mass is 10.2. The van der Waals surface area contributed by atoms with Crippen molar-refractivity contribution < 1.29 is 14.3 Å². The SMILES string of the molecule is COC(=O)[C@@H](C)NC(=O)c1ccc(N)cc1. The first-order valence-corrected chi connectivity index (χ1v) is 4.79. The van der Waals surface area contributed by atoms with E-state index in [9.17, 15) is 9.59 Å². The van der Waals surface area contributed by atoms with Crippen molar-refractivity contribution in [2.45, 2.75) is 13.0 Å². The zero-order valence-electron chi connectivity index (χ0n) is 9.19. The summed E-state index contributed by atoms with van der Waals surface area (Å²) in [5.74, 6) is -0.818. The summed E-state index contributed by atoms with van der Waals surface area (Å²) in [4.78, 5) is 22.7. The number of carbonyl (C=O) groups is 2. The minimum absolute atomic E-state index is 0.335. The topological polar surface area (TPSA) is 81.4 Å². The van der Waals surface area contributed by atoms with Crippen LogP contribution in [-0.2, 0) is 9.53 Å². The highest BCUT2D eigenvalue weighted by Crippen LogP contribution is 2.05. The Balaban J connectivity index is 2.65. The third-order valence-corrected chi connectivity index (χ3v) is 2.08. The van der Waals surface area contributed by atoms with Crippen LogP contribution in [0.5, 0.6) is 0 Å². The Bertz CT molecular complexity index is 387. The van der Waals surface area contributed by atoms with Crippen LogP contribution in [0.25, 0.3) is 0 Å². The molecule has 0 spiro atoms. The van der Waals surface area contributed by atoms with Gasteiger partial charge in [-0.15, -0.1) is 0 Å². The van der Waals surface area contributed by atoms with E-state index in [-0.39, 0.29) is 5.91 Å². The molecule has 5 nitrogen and oxygen atoms in total. The van der Waals surface area contributed by atoms with Crippen LogP contribution in [0.1, 0.15) is 17.3 Å². The number of nitrogen functional groups attached to an aromatic ring is 1. The van der Waals surface area contributed by atoms with Crippen LogP contribution in [-0.4, -0.2) is 25.0 Å². The van der Waals surface area contributed by atoms with E-state index in [4.69, 9.17) is 5.73 Å². The number of rotatable bonds is 3. The molecule has 0 aromatic heterocycles. The van der Waals surface area contributed by atoms with Gasteiger partial charge in [0.25, 0.3) is 5.91 Å². The molecule has 0 aliphatic carbocycles. The van der Waals surface area contributed by atoms with Crippen LogP contribution >= 0.6 is 0 Å². The highest BCUT2D eigenvalue weighted by atomic mass is 16.5. The van der Waals surface area contributed by atoms with Crippen molar-refractivity contribution in [2.75, 3.05) is 12.8 Å². The summed E-state index contributed by atoms with van der Waals surface area (Å²) in [5, 5.41) is 2.51. The van der Waals surface area contributed by atoms with Gasteiger partial charge in [-0.2, -0.15) is 0 Å². The molecule has 1 rings (SSSR count). The molecule has 1 aromatic carbocycles. The summed E-state index contributed by atoms with van der Waals surface area (Å²) in [7, 11) is 1.27. The van der Waals surface area contributed by atoms with E-state index in [0.29, 0.717) is 11.3 Å². The summed E-state index contributed by atoms with van der Waals surface area (Å²) in [6.07, 6.45) is 0. The van der Waals surface area contributed by atoms with Gasteiger partial charge in [-0.3, -0.25) is 4.79 Å². The zero-order valence-corrected chi connectivity index (χ0v) is 9.19. The lowest BCUT2D eigenvalue weighted by Crippen LogP contribution is -2.39. The van der Waals surface area contributed by atoms with E-state index in [0.717, 1.165) is 0 Å². The van der Waals surface area contributed by atoms with Crippen molar-refractivity contribution in [3.63, 3.8) is 0 Å². The van der Waals surface area contributed by atoms with Crippen LogP contribution in [0.3, 0.4) is 0 Å². The molecule has 16 heavy (non-hydrogen) atoms. The molecule has 0 fully saturated rings. The smallest absolute Gasteiger partial charge is 0.328 e. The number of hydrogen-bond acceptors (Lipinski definition) is 4. The molecular formula is C11H14N2O3. The number of methoxy groups -OCH3 is 1. The van der Waals surface area contributed by atoms with Gasteiger partial charge < -0.3 is 15.8 Å². The number of carbonyl (C=O) groups excluding carboxylic acids is 2. The van der Waals surface area contributed by atoms with Gasteiger partial charge in [0, 0.05) is 11.3 Å². The van der Waals surface area contributed by atoms with E-state index in [2.05, 4.69) is 10.1 Å². The molecule has 0 unspecified atom stereocenters. The number of nitrogens with one attached hydrogen (secondary N) is 1. The van der Waals surface area contributed by atoms with Gasteiger partial charge in [-0.1, -0.05) is 0 Å².